The lowest BCUT2D eigenvalue weighted by Crippen LogP contribution is -2.20. The summed E-state index contributed by atoms with van der Waals surface area (Å²) < 4.78 is 45.6. The smallest absolute Gasteiger partial charge is 0.161 e. The summed E-state index contributed by atoms with van der Waals surface area (Å²) in [5.74, 6) is -3.00. The van der Waals surface area contributed by atoms with Crippen LogP contribution < -0.4 is 4.74 Å². The third-order valence-electron chi connectivity index (χ3n) is 3.42. The number of rotatable bonds is 1. The number of ether oxygens (including phenoxy) is 1. The van der Waals surface area contributed by atoms with Gasteiger partial charge in [-0.25, -0.2) is 13.2 Å². The van der Waals surface area contributed by atoms with Crippen molar-refractivity contribution in [3.63, 3.8) is 0 Å². The predicted octanol–water partition coefficient (Wildman–Crippen LogP) is 4.31. The summed E-state index contributed by atoms with van der Waals surface area (Å²) in [4.78, 5) is 0. The Morgan fingerprint density at radius 2 is 1.71 bits per heavy atom. The van der Waals surface area contributed by atoms with Crippen molar-refractivity contribution in [2.24, 2.45) is 0 Å². The molecule has 0 spiro atoms. The van der Waals surface area contributed by atoms with E-state index in [-0.39, 0.29) is 12.0 Å². The Bertz CT molecular complexity index is 706. The van der Waals surface area contributed by atoms with Crippen molar-refractivity contribution in [3.05, 3.63) is 63.9 Å². The fraction of sp³-hybridized carbons (Fsp3) is 0.200. The van der Waals surface area contributed by atoms with Gasteiger partial charge in [0.05, 0.1) is 6.10 Å². The van der Waals surface area contributed by atoms with E-state index in [1.54, 1.807) is 18.2 Å². The minimum atomic E-state index is -1.26. The summed E-state index contributed by atoms with van der Waals surface area (Å²) in [6, 6.07) is 5.89. The van der Waals surface area contributed by atoms with Crippen LogP contribution in [-0.4, -0.2) is 5.11 Å². The van der Waals surface area contributed by atoms with Gasteiger partial charge in [0.25, 0.3) is 0 Å². The molecule has 2 aromatic carbocycles. The molecule has 2 atom stereocenters. The van der Waals surface area contributed by atoms with E-state index < -0.39 is 29.7 Å². The number of halogens is 4. The minimum Gasteiger partial charge on any atom is -0.485 e. The van der Waals surface area contributed by atoms with Crippen molar-refractivity contribution in [2.75, 3.05) is 0 Å². The molecule has 0 bridgehead atoms. The first-order valence-electron chi connectivity index (χ1n) is 6.24. The van der Waals surface area contributed by atoms with Crippen LogP contribution in [0.3, 0.4) is 0 Å². The minimum absolute atomic E-state index is 0.0231. The highest BCUT2D eigenvalue weighted by atomic mass is 35.5. The van der Waals surface area contributed by atoms with E-state index in [4.69, 9.17) is 16.3 Å². The molecule has 110 valence electrons. The zero-order valence-corrected chi connectivity index (χ0v) is 11.4. The average Bonchev–Trinajstić information content (AvgIpc) is 2.43. The Morgan fingerprint density at radius 3 is 2.48 bits per heavy atom. The van der Waals surface area contributed by atoms with E-state index in [0.29, 0.717) is 22.4 Å². The third-order valence-corrected chi connectivity index (χ3v) is 3.66. The van der Waals surface area contributed by atoms with Crippen LogP contribution in [0.2, 0.25) is 5.02 Å². The van der Waals surface area contributed by atoms with Gasteiger partial charge in [0.2, 0.25) is 0 Å². The van der Waals surface area contributed by atoms with Gasteiger partial charge in [0.1, 0.15) is 17.7 Å². The SMILES string of the molecule is OC1CC(c2cc(F)c(F)cc2F)Oc2ccc(Cl)cc21. The van der Waals surface area contributed by atoms with Crippen molar-refractivity contribution in [3.8, 4) is 5.75 Å². The molecule has 21 heavy (non-hydrogen) atoms. The third kappa shape index (κ3) is 2.59. The van der Waals surface area contributed by atoms with Crippen LogP contribution in [-0.2, 0) is 0 Å². The van der Waals surface area contributed by atoms with Gasteiger partial charge < -0.3 is 9.84 Å². The largest absolute Gasteiger partial charge is 0.485 e. The molecule has 0 saturated heterocycles. The maximum Gasteiger partial charge on any atom is 0.161 e. The molecule has 1 aliphatic rings. The van der Waals surface area contributed by atoms with Gasteiger partial charge in [-0.05, 0) is 24.3 Å². The Balaban J connectivity index is 1.99. The summed E-state index contributed by atoms with van der Waals surface area (Å²) in [6.45, 7) is 0. The number of hydrogen-bond acceptors (Lipinski definition) is 2. The molecule has 1 aliphatic heterocycles. The first-order chi connectivity index (χ1) is 9.95. The normalized spacial score (nSPS) is 20.8. The van der Waals surface area contributed by atoms with Crippen LogP contribution in [0.25, 0.3) is 0 Å². The van der Waals surface area contributed by atoms with Gasteiger partial charge in [-0.2, -0.15) is 0 Å². The number of benzene rings is 2. The lowest BCUT2D eigenvalue weighted by Gasteiger charge is -2.30. The molecular formula is C15H10ClF3O2. The summed E-state index contributed by atoms with van der Waals surface area (Å²) in [6.07, 6.45) is -1.80. The van der Waals surface area contributed by atoms with Crippen LogP contribution in [0.1, 0.15) is 29.8 Å². The lowest BCUT2D eigenvalue weighted by atomic mass is 9.94. The predicted molar refractivity (Wildman–Crippen MR) is 70.7 cm³/mol. The van der Waals surface area contributed by atoms with Crippen molar-refractivity contribution < 1.29 is 23.0 Å². The van der Waals surface area contributed by atoms with E-state index in [1.807, 2.05) is 0 Å². The highest BCUT2D eigenvalue weighted by Crippen LogP contribution is 2.42. The van der Waals surface area contributed by atoms with E-state index in [9.17, 15) is 18.3 Å². The molecule has 2 unspecified atom stereocenters. The molecule has 0 amide bonds. The Labute approximate surface area is 123 Å². The molecule has 6 heteroatoms. The van der Waals surface area contributed by atoms with E-state index in [2.05, 4.69) is 0 Å². The molecule has 1 N–H and O–H groups in total. The molecular weight excluding hydrogens is 305 g/mol. The molecule has 3 rings (SSSR count). The van der Waals surface area contributed by atoms with Crippen molar-refractivity contribution in [2.45, 2.75) is 18.6 Å². The summed E-state index contributed by atoms with van der Waals surface area (Å²) in [5.41, 5.74) is 0.357. The second kappa shape index (κ2) is 5.24. The Hall–Kier alpha value is -1.72. The standard InChI is InChI=1S/C15H10ClF3O2/c16-7-1-2-14-9(3-7)13(20)6-15(21-14)8-4-11(18)12(19)5-10(8)17/h1-5,13,15,20H,6H2. The van der Waals surface area contributed by atoms with Crippen LogP contribution in [0.4, 0.5) is 13.2 Å². The highest BCUT2D eigenvalue weighted by molar-refractivity contribution is 6.30. The summed E-state index contributed by atoms with van der Waals surface area (Å²) in [5, 5.41) is 10.5. The van der Waals surface area contributed by atoms with Gasteiger partial charge in [0.15, 0.2) is 11.6 Å². The van der Waals surface area contributed by atoms with Gasteiger partial charge >= 0.3 is 0 Å². The van der Waals surface area contributed by atoms with Gasteiger partial charge in [0, 0.05) is 28.6 Å². The Morgan fingerprint density at radius 1 is 1.00 bits per heavy atom. The van der Waals surface area contributed by atoms with Crippen LogP contribution in [0, 0.1) is 17.5 Å². The first-order valence-corrected chi connectivity index (χ1v) is 6.62. The molecule has 0 aliphatic carbocycles. The molecule has 2 aromatic rings. The van der Waals surface area contributed by atoms with Crippen molar-refractivity contribution in [1.82, 2.24) is 0 Å². The molecule has 0 aromatic heterocycles. The number of hydrogen-bond donors (Lipinski definition) is 1. The molecule has 0 saturated carbocycles. The maximum atomic E-state index is 13.8. The quantitative estimate of drug-likeness (QED) is 0.795. The summed E-state index contributed by atoms with van der Waals surface area (Å²) >= 11 is 5.84. The molecule has 0 radical (unpaired) electrons. The lowest BCUT2D eigenvalue weighted by molar-refractivity contribution is 0.0638. The van der Waals surface area contributed by atoms with E-state index >= 15 is 0 Å². The topological polar surface area (TPSA) is 29.5 Å². The number of aliphatic hydroxyl groups is 1. The Kier molecular flexibility index (Phi) is 3.55. The fourth-order valence-corrected chi connectivity index (χ4v) is 2.57. The molecule has 0 fully saturated rings. The van der Waals surface area contributed by atoms with Gasteiger partial charge in [-0.3, -0.25) is 0 Å². The number of fused-ring (bicyclic) bond motifs is 1. The average molecular weight is 315 g/mol. The monoisotopic (exact) mass is 314 g/mol. The van der Waals surface area contributed by atoms with Crippen molar-refractivity contribution >= 4 is 11.6 Å². The highest BCUT2D eigenvalue weighted by Gasteiger charge is 2.30. The summed E-state index contributed by atoms with van der Waals surface area (Å²) in [7, 11) is 0. The maximum absolute atomic E-state index is 13.8. The first kappa shape index (κ1) is 14.2. The van der Waals surface area contributed by atoms with Crippen molar-refractivity contribution in [1.29, 1.82) is 0 Å². The van der Waals surface area contributed by atoms with Gasteiger partial charge in [-0.15, -0.1) is 0 Å². The number of aliphatic hydroxyl groups excluding tert-OH is 1. The van der Waals surface area contributed by atoms with Crippen LogP contribution in [0.5, 0.6) is 5.75 Å². The second-order valence-corrected chi connectivity index (χ2v) is 5.26. The second-order valence-electron chi connectivity index (χ2n) is 4.83. The van der Waals surface area contributed by atoms with Gasteiger partial charge in [-0.1, -0.05) is 11.6 Å². The molecule has 2 nitrogen and oxygen atoms in total. The zero-order valence-electron chi connectivity index (χ0n) is 10.6. The van der Waals surface area contributed by atoms with Crippen LogP contribution in [0.15, 0.2) is 30.3 Å². The van der Waals surface area contributed by atoms with Crippen LogP contribution >= 0.6 is 11.6 Å². The zero-order chi connectivity index (χ0) is 15.1. The molecule has 1 heterocycles. The van der Waals surface area contributed by atoms with E-state index in [0.717, 1.165) is 6.07 Å². The van der Waals surface area contributed by atoms with E-state index in [1.165, 1.54) is 0 Å². The fourth-order valence-electron chi connectivity index (χ4n) is 2.39.